The van der Waals surface area contributed by atoms with E-state index in [-0.39, 0.29) is 5.56 Å². The summed E-state index contributed by atoms with van der Waals surface area (Å²) >= 11 is 5.90. The van der Waals surface area contributed by atoms with E-state index in [9.17, 15) is 9.18 Å². The van der Waals surface area contributed by atoms with E-state index in [4.69, 9.17) is 22.1 Å². The van der Waals surface area contributed by atoms with E-state index in [0.717, 1.165) is 0 Å². The number of anilines is 2. The summed E-state index contributed by atoms with van der Waals surface area (Å²) in [7, 11) is 1.47. The van der Waals surface area contributed by atoms with Crippen LogP contribution in [0.2, 0.25) is 5.02 Å². The molecule has 2 aromatic carbocycles. The van der Waals surface area contributed by atoms with E-state index in [0.29, 0.717) is 27.7 Å². The smallest absolute Gasteiger partial charge is 0.258 e. The van der Waals surface area contributed by atoms with Crippen LogP contribution in [0, 0.1) is 12.7 Å². The standard InChI is InChI=1S/C15H14ClFN2O2/c1-8-5-9(18)6-11(14(8)17)15(20)19-10-3-4-12(16)13(7-10)21-2/h3-7H,18H2,1-2H3,(H,19,20). The molecule has 0 aliphatic heterocycles. The van der Waals surface area contributed by atoms with Gasteiger partial charge in [0.1, 0.15) is 11.6 Å². The second-order valence-electron chi connectivity index (χ2n) is 4.50. The number of aryl methyl sites for hydroxylation is 1. The summed E-state index contributed by atoms with van der Waals surface area (Å²) < 4.78 is 19.0. The predicted molar refractivity (Wildman–Crippen MR) is 81.5 cm³/mol. The minimum Gasteiger partial charge on any atom is -0.495 e. The van der Waals surface area contributed by atoms with Crippen molar-refractivity contribution in [2.45, 2.75) is 6.92 Å². The van der Waals surface area contributed by atoms with Crippen molar-refractivity contribution < 1.29 is 13.9 Å². The first-order chi connectivity index (χ1) is 9.92. The fraction of sp³-hybridized carbons (Fsp3) is 0.133. The van der Waals surface area contributed by atoms with Gasteiger partial charge in [-0.05, 0) is 36.8 Å². The molecule has 0 saturated carbocycles. The quantitative estimate of drug-likeness (QED) is 0.851. The van der Waals surface area contributed by atoms with Crippen molar-refractivity contribution in [2.75, 3.05) is 18.2 Å². The average Bonchev–Trinajstić information content (AvgIpc) is 2.44. The molecular formula is C15H14ClFN2O2. The first-order valence-electron chi connectivity index (χ1n) is 6.13. The summed E-state index contributed by atoms with van der Waals surface area (Å²) in [6.07, 6.45) is 0. The molecule has 6 heteroatoms. The number of benzene rings is 2. The van der Waals surface area contributed by atoms with E-state index >= 15 is 0 Å². The highest BCUT2D eigenvalue weighted by Gasteiger charge is 2.15. The zero-order chi connectivity index (χ0) is 15.6. The molecule has 4 nitrogen and oxygen atoms in total. The first kappa shape index (κ1) is 15.1. The number of halogens is 2. The molecule has 0 fully saturated rings. The lowest BCUT2D eigenvalue weighted by Gasteiger charge is -2.10. The van der Waals surface area contributed by atoms with Gasteiger partial charge in [0.15, 0.2) is 0 Å². The molecule has 110 valence electrons. The van der Waals surface area contributed by atoms with Gasteiger partial charge < -0.3 is 15.8 Å². The number of hydrogen-bond donors (Lipinski definition) is 2. The molecule has 0 spiro atoms. The molecule has 0 radical (unpaired) electrons. The second-order valence-corrected chi connectivity index (χ2v) is 4.91. The number of nitrogen functional groups attached to an aromatic ring is 1. The van der Waals surface area contributed by atoms with Crippen molar-refractivity contribution in [1.29, 1.82) is 0 Å². The molecule has 0 saturated heterocycles. The molecule has 1 amide bonds. The molecule has 0 unspecified atom stereocenters. The van der Waals surface area contributed by atoms with Gasteiger partial charge in [0, 0.05) is 17.4 Å². The zero-order valence-electron chi connectivity index (χ0n) is 11.5. The minimum absolute atomic E-state index is 0.110. The first-order valence-corrected chi connectivity index (χ1v) is 6.50. The van der Waals surface area contributed by atoms with Gasteiger partial charge in [-0.2, -0.15) is 0 Å². The maximum atomic E-state index is 14.0. The van der Waals surface area contributed by atoms with Crippen LogP contribution in [-0.4, -0.2) is 13.0 Å². The Bertz CT molecular complexity index is 704. The van der Waals surface area contributed by atoms with E-state index in [2.05, 4.69) is 5.32 Å². The molecule has 0 aliphatic carbocycles. The number of nitrogens with one attached hydrogen (secondary N) is 1. The van der Waals surface area contributed by atoms with Gasteiger partial charge in [-0.3, -0.25) is 4.79 Å². The predicted octanol–water partition coefficient (Wildman–Crippen LogP) is 3.63. The molecule has 0 bridgehead atoms. The van der Waals surface area contributed by atoms with Crippen LogP contribution in [0.4, 0.5) is 15.8 Å². The van der Waals surface area contributed by atoms with Crippen molar-refractivity contribution in [3.05, 3.63) is 52.3 Å². The summed E-state index contributed by atoms with van der Waals surface area (Å²) in [5, 5.41) is 3.00. The maximum Gasteiger partial charge on any atom is 0.258 e. The fourth-order valence-corrected chi connectivity index (χ4v) is 2.09. The molecule has 2 aromatic rings. The molecule has 0 atom stereocenters. The third kappa shape index (κ3) is 3.25. The number of ether oxygens (including phenoxy) is 1. The highest BCUT2D eigenvalue weighted by Crippen LogP contribution is 2.28. The van der Waals surface area contributed by atoms with Crippen molar-refractivity contribution in [3.8, 4) is 5.75 Å². The van der Waals surface area contributed by atoms with Gasteiger partial charge >= 0.3 is 0 Å². The second kappa shape index (κ2) is 6.01. The van der Waals surface area contributed by atoms with Crippen LogP contribution in [0.5, 0.6) is 5.75 Å². The Morgan fingerprint density at radius 2 is 2.05 bits per heavy atom. The highest BCUT2D eigenvalue weighted by molar-refractivity contribution is 6.32. The van der Waals surface area contributed by atoms with Crippen LogP contribution in [0.15, 0.2) is 30.3 Å². The molecule has 2 rings (SSSR count). The summed E-state index contributed by atoms with van der Waals surface area (Å²) in [6, 6.07) is 7.50. The van der Waals surface area contributed by atoms with Crippen LogP contribution < -0.4 is 15.8 Å². The van der Waals surface area contributed by atoms with Crippen molar-refractivity contribution in [3.63, 3.8) is 0 Å². The Hall–Kier alpha value is -2.27. The minimum atomic E-state index is -0.595. The number of hydrogen-bond acceptors (Lipinski definition) is 3. The molecule has 0 heterocycles. The Kier molecular flexibility index (Phi) is 4.33. The zero-order valence-corrected chi connectivity index (χ0v) is 12.3. The normalized spacial score (nSPS) is 10.3. The number of methoxy groups -OCH3 is 1. The number of nitrogens with two attached hydrogens (primary N) is 1. The fourth-order valence-electron chi connectivity index (χ4n) is 1.90. The van der Waals surface area contributed by atoms with Crippen LogP contribution in [0.3, 0.4) is 0 Å². The summed E-state index contributed by atoms with van der Waals surface area (Å²) in [5.41, 5.74) is 6.62. The highest BCUT2D eigenvalue weighted by atomic mass is 35.5. The van der Waals surface area contributed by atoms with Gasteiger partial charge in [0.2, 0.25) is 0 Å². The van der Waals surface area contributed by atoms with Gasteiger partial charge in [0.05, 0.1) is 17.7 Å². The number of carbonyl (C=O) groups is 1. The molecule has 0 aliphatic rings. The average molecular weight is 309 g/mol. The van der Waals surface area contributed by atoms with E-state index in [1.165, 1.54) is 19.2 Å². The maximum absolute atomic E-state index is 14.0. The molecule has 21 heavy (non-hydrogen) atoms. The third-order valence-electron chi connectivity index (χ3n) is 2.93. The van der Waals surface area contributed by atoms with Crippen LogP contribution in [-0.2, 0) is 0 Å². The molecular weight excluding hydrogens is 295 g/mol. The van der Waals surface area contributed by atoms with Gasteiger partial charge in [-0.1, -0.05) is 11.6 Å². The summed E-state index contributed by atoms with van der Waals surface area (Å²) in [6.45, 7) is 1.55. The van der Waals surface area contributed by atoms with Crippen LogP contribution in [0.25, 0.3) is 0 Å². The van der Waals surface area contributed by atoms with Crippen molar-refractivity contribution in [1.82, 2.24) is 0 Å². The number of amides is 1. The van der Waals surface area contributed by atoms with Crippen LogP contribution in [0.1, 0.15) is 15.9 Å². The lowest BCUT2D eigenvalue weighted by atomic mass is 10.1. The monoisotopic (exact) mass is 308 g/mol. The van der Waals surface area contributed by atoms with Crippen molar-refractivity contribution in [2.24, 2.45) is 0 Å². The number of rotatable bonds is 3. The summed E-state index contributed by atoms with van der Waals surface area (Å²) in [4.78, 5) is 12.1. The topological polar surface area (TPSA) is 64.3 Å². The van der Waals surface area contributed by atoms with E-state index in [1.807, 2.05) is 0 Å². The Labute approximate surface area is 126 Å². The van der Waals surface area contributed by atoms with Gasteiger partial charge in [0.25, 0.3) is 5.91 Å². The lowest BCUT2D eigenvalue weighted by Crippen LogP contribution is -2.15. The summed E-state index contributed by atoms with van der Waals surface area (Å²) in [5.74, 6) is -0.770. The SMILES string of the molecule is COc1cc(NC(=O)c2cc(N)cc(C)c2F)ccc1Cl. The molecule has 0 aromatic heterocycles. The Morgan fingerprint density at radius 1 is 1.33 bits per heavy atom. The Balaban J connectivity index is 2.30. The van der Waals surface area contributed by atoms with E-state index < -0.39 is 11.7 Å². The Morgan fingerprint density at radius 3 is 2.71 bits per heavy atom. The van der Waals surface area contributed by atoms with Gasteiger partial charge in [-0.15, -0.1) is 0 Å². The van der Waals surface area contributed by atoms with Gasteiger partial charge in [-0.25, -0.2) is 4.39 Å². The van der Waals surface area contributed by atoms with Crippen LogP contribution >= 0.6 is 11.6 Å². The van der Waals surface area contributed by atoms with Crippen molar-refractivity contribution >= 4 is 28.9 Å². The van der Waals surface area contributed by atoms with E-state index in [1.54, 1.807) is 25.1 Å². The third-order valence-corrected chi connectivity index (χ3v) is 3.24. The lowest BCUT2D eigenvalue weighted by molar-refractivity contribution is 0.102. The molecule has 3 N–H and O–H groups in total. The largest absolute Gasteiger partial charge is 0.495 e. The number of carbonyl (C=O) groups excluding carboxylic acids is 1.